The highest BCUT2D eigenvalue weighted by Crippen LogP contribution is 2.48. The maximum Gasteiger partial charge on any atom is 0.333 e. The van der Waals surface area contributed by atoms with E-state index in [0.29, 0.717) is 18.0 Å². The summed E-state index contributed by atoms with van der Waals surface area (Å²) in [6.07, 6.45) is 9.97. The smallest absolute Gasteiger partial charge is 0.333 e. The van der Waals surface area contributed by atoms with Crippen molar-refractivity contribution in [2.45, 2.75) is 69.1 Å². The zero-order valence-electron chi connectivity index (χ0n) is 23.7. The molecule has 0 fully saturated rings. The van der Waals surface area contributed by atoms with Crippen molar-refractivity contribution in [3.63, 3.8) is 0 Å². The number of hydrogen-bond acceptors (Lipinski definition) is 8. The molecule has 0 aromatic heterocycles. The first-order chi connectivity index (χ1) is 18.7. The van der Waals surface area contributed by atoms with Gasteiger partial charge in [-0.25, -0.2) is 13.2 Å². The highest BCUT2D eigenvalue weighted by atomic mass is 32.2. The van der Waals surface area contributed by atoms with E-state index in [-0.39, 0.29) is 17.3 Å². The maximum absolute atomic E-state index is 14.1. The van der Waals surface area contributed by atoms with Gasteiger partial charge in [0.05, 0.1) is 47.3 Å². The Morgan fingerprint density at radius 1 is 1.08 bits per heavy atom. The fraction of sp³-hybridized carbons (Fsp3) is 0.500. The molecule has 39 heavy (non-hydrogen) atoms. The van der Waals surface area contributed by atoms with Crippen LogP contribution >= 0.6 is 11.8 Å². The van der Waals surface area contributed by atoms with Crippen LogP contribution in [-0.4, -0.2) is 46.7 Å². The lowest BCUT2D eigenvalue weighted by Crippen LogP contribution is -2.38. The summed E-state index contributed by atoms with van der Waals surface area (Å²) in [5, 5.41) is 0. The number of carbonyl (C=O) groups excluding carboxylic acids is 1. The zero-order valence-corrected chi connectivity index (χ0v) is 25.3. The van der Waals surface area contributed by atoms with Crippen LogP contribution in [0, 0.1) is 5.41 Å². The van der Waals surface area contributed by atoms with Crippen molar-refractivity contribution in [1.82, 2.24) is 0 Å². The highest BCUT2D eigenvalue weighted by Gasteiger charge is 2.42. The molecule has 2 aromatic rings. The summed E-state index contributed by atoms with van der Waals surface area (Å²) in [5.41, 5.74) is 1.16. The van der Waals surface area contributed by atoms with Gasteiger partial charge in [0.2, 0.25) is 0 Å². The van der Waals surface area contributed by atoms with E-state index in [9.17, 15) is 13.2 Å². The van der Waals surface area contributed by atoms with Gasteiger partial charge in [-0.3, -0.25) is 0 Å². The summed E-state index contributed by atoms with van der Waals surface area (Å²) in [7, 11) is -2.04. The third kappa shape index (κ3) is 7.72. The van der Waals surface area contributed by atoms with Crippen LogP contribution in [0.2, 0.25) is 0 Å². The van der Waals surface area contributed by atoms with Crippen LogP contribution in [0.4, 0.5) is 11.4 Å². The molecule has 0 aliphatic carbocycles. The van der Waals surface area contributed by atoms with Crippen molar-refractivity contribution in [2.24, 2.45) is 5.41 Å². The highest BCUT2D eigenvalue weighted by molar-refractivity contribution is 7.98. The first-order valence-electron chi connectivity index (χ1n) is 13.6. The van der Waals surface area contributed by atoms with Gasteiger partial charge >= 0.3 is 5.97 Å². The SMILES string of the molecule is CCCCC1(CCCC)CN(c2ccc(OC)cc2)c2cc(SC)c(O/C=C/C(=O)OCC)cc2S(=O)(=O)C1. The number of anilines is 2. The molecule has 1 aliphatic rings. The van der Waals surface area contributed by atoms with Gasteiger partial charge in [0, 0.05) is 23.7 Å². The van der Waals surface area contributed by atoms with Gasteiger partial charge in [-0.05, 0) is 56.4 Å². The van der Waals surface area contributed by atoms with Crippen LogP contribution in [0.5, 0.6) is 11.5 Å². The largest absolute Gasteiger partial charge is 0.497 e. The summed E-state index contributed by atoms with van der Waals surface area (Å²) < 4.78 is 44.4. The lowest BCUT2D eigenvalue weighted by Gasteiger charge is -2.37. The third-order valence-electron chi connectivity index (χ3n) is 7.05. The normalized spacial score (nSPS) is 16.0. The number of nitrogens with zero attached hydrogens (tertiary/aromatic N) is 1. The van der Waals surface area contributed by atoms with Crippen LogP contribution < -0.4 is 14.4 Å². The van der Waals surface area contributed by atoms with E-state index in [4.69, 9.17) is 14.2 Å². The number of esters is 1. The second kappa shape index (κ2) is 14.1. The Morgan fingerprint density at radius 2 is 1.74 bits per heavy atom. The number of hydrogen-bond donors (Lipinski definition) is 0. The second-order valence-corrected chi connectivity index (χ2v) is 12.7. The number of thioether (sulfide) groups is 1. The van der Waals surface area contributed by atoms with Crippen molar-refractivity contribution < 1.29 is 27.4 Å². The summed E-state index contributed by atoms with van der Waals surface area (Å²) in [5.74, 6) is 0.685. The lowest BCUT2D eigenvalue weighted by molar-refractivity contribution is -0.137. The Morgan fingerprint density at radius 3 is 2.31 bits per heavy atom. The number of carbonyl (C=O) groups is 1. The molecule has 9 heteroatoms. The molecule has 0 atom stereocenters. The predicted octanol–water partition coefficient (Wildman–Crippen LogP) is 7.16. The molecular formula is C30H41NO6S2. The summed E-state index contributed by atoms with van der Waals surface area (Å²) in [4.78, 5) is 14.9. The number of fused-ring (bicyclic) bond motifs is 1. The van der Waals surface area contributed by atoms with Crippen LogP contribution in [0.15, 0.2) is 58.5 Å². The molecule has 2 aromatic carbocycles. The number of sulfone groups is 1. The van der Waals surface area contributed by atoms with Crippen LogP contribution in [0.25, 0.3) is 0 Å². The molecule has 0 bridgehead atoms. The topological polar surface area (TPSA) is 82.1 Å². The Balaban J connectivity index is 2.19. The number of unbranched alkanes of at least 4 members (excludes halogenated alkanes) is 2. The van der Waals surface area contributed by atoms with Gasteiger partial charge in [0.25, 0.3) is 0 Å². The van der Waals surface area contributed by atoms with Crippen LogP contribution in [-0.2, 0) is 19.4 Å². The lowest BCUT2D eigenvalue weighted by atomic mass is 9.79. The molecule has 0 saturated heterocycles. The van der Waals surface area contributed by atoms with Gasteiger partial charge < -0.3 is 19.1 Å². The molecule has 3 rings (SSSR count). The Labute approximate surface area is 237 Å². The average Bonchev–Trinajstić information content (AvgIpc) is 3.02. The summed E-state index contributed by atoms with van der Waals surface area (Å²) in [6, 6.07) is 11.3. The maximum atomic E-state index is 14.1. The van der Waals surface area contributed by atoms with E-state index >= 15 is 0 Å². The fourth-order valence-corrected chi connectivity index (χ4v) is 7.72. The van der Waals surface area contributed by atoms with Crippen molar-refractivity contribution in [3.8, 4) is 11.5 Å². The van der Waals surface area contributed by atoms with Gasteiger partial charge in [-0.1, -0.05) is 39.5 Å². The summed E-state index contributed by atoms with van der Waals surface area (Å²) >= 11 is 1.46. The van der Waals surface area contributed by atoms with Crippen molar-refractivity contribution in [2.75, 3.05) is 37.2 Å². The van der Waals surface area contributed by atoms with Crippen LogP contribution in [0.3, 0.4) is 0 Å². The molecule has 0 N–H and O–H groups in total. The van der Waals surface area contributed by atoms with Gasteiger partial charge in [-0.2, -0.15) is 0 Å². The molecule has 0 radical (unpaired) electrons. The number of ether oxygens (including phenoxy) is 3. The van der Waals surface area contributed by atoms with Crippen molar-refractivity contribution in [1.29, 1.82) is 0 Å². The Kier molecular flexibility index (Phi) is 11.2. The van der Waals surface area contributed by atoms with E-state index in [2.05, 4.69) is 18.7 Å². The molecule has 1 aliphatic heterocycles. The van der Waals surface area contributed by atoms with E-state index < -0.39 is 21.2 Å². The minimum Gasteiger partial charge on any atom is -0.497 e. The molecule has 0 amide bonds. The molecular weight excluding hydrogens is 534 g/mol. The molecule has 0 saturated carbocycles. The second-order valence-electron chi connectivity index (χ2n) is 9.89. The van der Waals surface area contributed by atoms with Crippen LogP contribution in [0.1, 0.15) is 59.3 Å². The number of rotatable bonds is 13. The first-order valence-corrected chi connectivity index (χ1v) is 16.5. The molecule has 0 spiro atoms. The Hall–Kier alpha value is -2.65. The van der Waals surface area contributed by atoms with E-state index in [1.54, 1.807) is 20.1 Å². The third-order valence-corrected chi connectivity index (χ3v) is 9.80. The Bertz CT molecular complexity index is 1230. The first kappa shape index (κ1) is 30.9. The average molecular weight is 576 g/mol. The van der Waals surface area contributed by atoms with Crippen molar-refractivity contribution in [3.05, 3.63) is 48.7 Å². The van der Waals surface area contributed by atoms with Gasteiger partial charge in [-0.15, -0.1) is 11.8 Å². The zero-order chi connectivity index (χ0) is 28.5. The number of methoxy groups -OCH3 is 1. The van der Waals surface area contributed by atoms with Gasteiger partial charge in [0.1, 0.15) is 11.5 Å². The standard InChI is InChI=1S/C30H41NO6S2/c1-6-9-16-30(17-10-7-2)21-31(23-11-13-24(35-4)14-12-23)25-19-27(38-5)26(20-28(25)39(33,34)22-30)37-18-15-29(32)36-8-3/h11-15,18-20H,6-10,16-17,21-22H2,1-5H3/b18-15+. The van der Waals surface area contributed by atoms with E-state index in [0.717, 1.165) is 54.9 Å². The fourth-order valence-electron chi connectivity index (χ4n) is 5.07. The monoisotopic (exact) mass is 575 g/mol. The molecule has 214 valence electrons. The quantitative estimate of drug-likeness (QED) is 0.108. The van der Waals surface area contributed by atoms with E-state index in [1.807, 2.05) is 36.6 Å². The van der Waals surface area contributed by atoms with Crippen molar-refractivity contribution >= 4 is 38.9 Å². The molecule has 0 unspecified atom stereocenters. The van der Waals surface area contributed by atoms with E-state index in [1.165, 1.54) is 24.1 Å². The summed E-state index contributed by atoms with van der Waals surface area (Å²) in [6.45, 7) is 6.88. The molecule has 7 nitrogen and oxygen atoms in total. The van der Waals surface area contributed by atoms with Gasteiger partial charge in [0.15, 0.2) is 9.84 Å². The number of benzene rings is 2. The molecule has 1 heterocycles. The minimum absolute atomic E-state index is 0.0797. The minimum atomic E-state index is -3.67. The predicted molar refractivity (Wildman–Crippen MR) is 158 cm³/mol.